The zero-order valence-electron chi connectivity index (χ0n) is 12.4. The summed E-state index contributed by atoms with van der Waals surface area (Å²) in [5, 5.41) is 4.23. The van der Waals surface area contributed by atoms with Crippen LogP contribution in [0.2, 0.25) is 0 Å². The van der Waals surface area contributed by atoms with Crippen molar-refractivity contribution in [2.75, 3.05) is 12.8 Å². The number of nitrogens with two attached hydrogens (primary N) is 1. The van der Waals surface area contributed by atoms with Crippen LogP contribution in [-0.2, 0) is 13.1 Å². The number of aryl methyl sites for hydroxylation is 2. The van der Waals surface area contributed by atoms with Gasteiger partial charge in [0.15, 0.2) is 0 Å². The topological polar surface area (TPSA) is 64.2 Å². The van der Waals surface area contributed by atoms with Gasteiger partial charge in [0, 0.05) is 25.7 Å². The third-order valence-electron chi connectivity index (χ3n) is 3.39. The van der Waals surface area contributed by atoms with Gasteiger partial charge in [0.05, 0.1) is 11.4 Å². The van der Waals surface area contributed by atoms with Gasteiger partial charge in [-0.15, -0.1) is 0 Å². The van der Waals surface area contributed by atoms with E-state index in [2.05, 4.69) is 5.10 Å². The standard InChI is InChI=1S/C15H19FN4O/c1-4-20-14(13(17)10(2)18-20)15(21)19(3)9-11-7-5-6-8-12(11)16/h5-8H,4,9,17H2,1-3H3. The van der Waals surface area contributed by atoms with Crippen LogP contribution in [0, 0.1) is 12.7 Å². The van der Waals surface area contributed by atoms with Gasteiger partial charge in [0.1, 0.15) is 11.5 Å². The van der Waals surface area contributed by atoms with Crippen molar-refractivity contribution in [3.63, 3.8) is 0 Å². The second-order valence-electron chi connectivity index (χ2n) is 4.92. The minimum Gasteiger partial charge on any atom is -0.395 e. The monoisotopic (exact) mass is 290 g/mol. The molecule has 112 valence electrons. The van der Waals surface area contributed by atoms with Crippen LogP contribution in [0.3, 0.4) is 0 Å². The number of halogens is 1. The molecule has 2 rings (SSSR count). The molecule has 0 radical (unpaired) electrons. The lowest BCUT2D eigenvalue weighted by Crippen LogP contribution is -2.29. The first kappa shape index (κ1) is 15.0. The molecule has 1 aromatic carbocycles. The highest BCUT2D eigenvalue weighted by Crippen LogP contribution is 2.19. The Kier molecular flexibility index (Phi) is 4.26. The maximum absolute atomic E-state index is 13.7. The molecule has 0 aliphatic rings. The van der Waals surface area contributed by atoms with E-state index in [1.54, 1.807) is 36.9 Å². The molecule has 2 N–H and O–H groups in total. The molecule has 0 spiro atoms. The van der Waals surface area contributed by atoms with Gasteiger partial charge in [0.25, 0.3) is 5.91 Å². The number of rotatable bonds is 4. The number of carbonyl (C=O) groups is 1. The van der Waals surface area contributed by atoms with E-state index in [1.807, 2.05) is 6.92 Å². The Balaban J connectivity index is 2.26. The molecule has 0 unspecified atom stereocenters. The van der Waals surface area contributed by atoms with E-state index in [9.17, 15) is 9.18 Å². The number of nitrogens with zero attached hydrogens (tertiary/aromatic N) is 3. The number of benzene rings is 1. The van der Waals surface area contributed by atoms with E-state index in [4.69, 9.17) is 5.73 Å². The molecule has 0 saturated carbocycles. The van der Waals surface area contributed by atoms with Crippen LogP contribution in [0.15, 0.2) is 24.3 Å². The summed E-state index contributed by atoms with van der Waals surface area (Å²) in [6.07, 6.45) is 0. The average molecular weight is 290 g/mol. The molecular weight excluding hydrogens is 271 g/mol. The zero-order chi connectivity index (χ0) is 15.6. The molecule has 1 aromatic heterocycles. The number of amides is 1. The fourth-order valence-corrected chi connectivity index (χ4v) is 2.18. The first-order valence-electron chi connectivity index (χ1n) is 6.77. The molecule has 21 heavy (non-hydrogen) atoms. The van der Waals surface area contributed by atoms with E-state index in [1.165, 1.54) is 11.0 Å². The molecule has 0 atom stereocenters. The number of hydrogen-bond donors (Lipinski definition) is 1. The van der Waals surface area contributed by atoms with Gasteiger partial charge in [-0.3, -0.25) is 9.48 Å². The van der Waals surface area contributed by atoms with Crippen LogP contribution in [-0.4, -0.2) is 27.6 Å². The van der Waals surface area contributed by atoms with E-state index < -0.39 is 0 Å². The number of nitrogen functional groups attached to an aromatic ring is 1. The number of aromatic nitrogens is 2. The van der Waals surface area contributed by atoms with E-state index in [0.29, 0.717) is 29.2 Å². The van der Waals surface area contributed by atoms with Crippen LogP contribution in [0.4, 0.5) is 10.1 Å². The molecule has 1 heterocycles. The average Bonchev–Trinajstić information content (AvgIpc) is 2.76. The van der Waals surface area contributed by atoms with Crippen molar-refractivity contribution in [1.29, 1.82) is 0 Å². The molecule has 0 bridgehead atoms. The third kappa shape index (κ3) is 2.89. The largest absolute Gasteiger partial charge is 0.395 e. The Morgan fingerprint density at radius 2 is 2.10 bits per heavy atom. The summed E-state index contributed by atoms with van der Waals surface area (Å²) in [6, 6.07) is 6.40. The molecule has 1 amide bonds. The minimum absolute atomic E-state index is 0.179. The first-order chi connectivity index (χ1) is 9.95. The summed E-state index contributed by atoms with van der Waals surface area (Å²) >= 11 is 0. The fourth-order valence-electron chi connectivity index (χ4n) is 2.18. The van der Waals surface area contributed by atoms with Crippen molar-refractivity contribution in [2.45, 2.75) is 26.9 Å². The van der Waals surface area contributed by atoms with Gasteiger partial charge in [-0.05, 0) is 19.9 Å². The lowest BCUT2D eigenvalue weighted by Gasteiger charge is -2.18. The van der Waals surface area contributed by atoms with E-state index in [0.717, 1.165) is 0 Å². The highest BCUT2D eigenvalue weighted by molar-refractivity contribution is 5.97. The summed E-state index contributed by atoms with van der Waals surface area (Å²) < 4.78 is 15.2. The number of carbonyl (C=O) groups excluding carboxylic acids is 1. The van der Waals surface area contributed by atoms with Crippen LogP contribution in [0.5, 0.6) is 0 Å². The Labute approximate surface area is 123 Å². The molecule has 5 nitrogen and oxygen atoms in total. The van der Waals surface area contributed by atoms with Crippen LogP contribution >= 0.6 is 0 Å². The highest BCUT2D eigenvalue weighted by atomic mass is 19.1. The Morgan fingerprint density at radius 3 is 2.71 bits per heavy atom. The highest BCUT2D eigenvalue weighted by Gasteiger charge is 2.22. The SMILES string of the molecule is CCn1nc(C)c(N)c1C(=O)N(C)Cc1ccccc1F. The van der Waals surface area contributed by atoms with Crippen LogP contribution < -0.4 is 5.73 Å². The quantitative estimate of drug-likeness (QED) is 0.939. The summed E-state index contributed by atoms with van der Waals surface area (Å²) in [5.74, 6) is -0.594. The van der Waals surface area contributed by atoms with E-state index >= 15 is 0 Å². The van der Waals surface area contributed by atoms with Gasteiger partial charge < -0.3 is 10.6 Å². The minimum atomic E-state index is -0.328. The molecule has 0 saturated heterocycles. The molecule has 6 heteroatoms. The fraction of sp³-hybridized carbons (Fsp3) is 0.333. The predicted octanol–water partition coefficient (Wildman–Crippen LogP) is 2.20. The molecule has 0 fully saturated rings. The van der Waals surface area contributed by atoms with Crippen molar-refractivity contribution in [3.05, 3.63) is 47.0 Å². The molecule has 2 aromatic rings. The normalized spacial score (nSPS) is 10.7. The smallest absolute Gasteiger partial charge is 0.274 e. The number of hydrogen-bond acceptors (Lipinski definition) is 3. The molecule has 0 aliphatic carbocycles. The zero-order valence-corrected chi connectivity index (χ0v) is 12.4. The molecule has 0 aliphatic heterocycles. The maximum atomic E-state index is 13.7. The van der Waals surface area contributed by atoms with Crippen molar-refractivity contribution in [2.24, 2.45) is 0 Å². The van der Waals surface area contributed by atoms with Crippen molar-refractivity contribution >= 4 is 11.6 Å². The predicted molar refractivity (Wildman–Crippen MR) is 79.2 cm³/mol. The Hall–Kier alpha value is -2.37. The van der Waals surface area contributed by atoms with Crippen molar-refractivity contribution in [3.8, 4) is 0 Å². The van der Waals surface area contributed by atoms with Crippen LogP contribution in [0.1, 0.15) is 28.7 Å². The third-order valence-corrected chi connectivity index (χ3v) is 3.39. The van der Waals surface area contributed by atoms with Crippen LogP contribution in [0.25, 0.3) is 0 Å². The Morgan fingerprint density at radius 1 is 1.43 bits per heavy atom. The summed E-state index contributed by atoms with van der Waals surface area (Å²) in [4.78, 5) is 14.0. The van der Waals surface area contributed by atoms with Gasteiger partial charge in [0.2, 0.25) is 0 Å². The number of anilines is 1. The lowest BCUT2D eigenvalue weighted by atomic mass is 10.2. The van der Waals surface area contributed by atoms with E-state index in [-0.39, 0.29) is 18.3 Å². The molecular formula is C15H19FN4O. The van der Waals surface area contributed by atoms with Crippen molar-refractivity contribution < 1.29 is 9.18 Å². The summed E-state index contributed by atoms with van der Waals surface area (Å²) in [7, 11) is 1.62. The van der Waals surface area contributed by atoms with Gasteiger partial charge in [-0.1, -0.05) is 18.2 Å². The van der Waals surface area contributed by atoms with Crippen molar-refractivity contribution in [1.82, 2.24) is 14.7 Å². The maximum Gasteiger partial charge on any atom is 0.274 e. The van der Waals surface area contributed by atoms with Gasteiger partial charge >= 0.3 is 0 Å². The Bertz CT molecular complexity index is 666. The van der Waals surface area contributed by atoms with Gasteiger partial charge in [-0.2, -0.15) is 5.10 Å². The lowest BCUT2D eigenvalue weighted by molar-refractivity contribution is 0.0772. The second-order valence-corrected chi connectivity index (χ2v) is 4.92. The second kappa shape index (κ2) is 5.95. The summed E-state index contributed by atoms with van der Waals surface area (Å²) in [6.45, 7) is 4.38. The van der Waals surface area contributed by atoms with Gasteiger partial charge in [-0.25, -0.2) is 4.39 Å². The first-order valence-corrected chi connectivity index (χ1v) is 6.77. The summed E-state index contributed by atoms with van der Waals surface area (Å²) in [5.41, 5.74) is 7.76.